The van der Waals surface area contributed by atoms with Gasteiger partial charge in [-0.25, -0.2) is 8.42 Å². The summed E-state index contributed by atoms with van der Waals surface area (Å²) in [6.45, 7) is 2.47. The van der Waals surface area contributed by atoms with Gasteiger partial charge in [0.15, 0.2) is 5.78 Å². The average Bonchev–Trinajstić information content (AvgIpc) is 3.17. The fourth-order valence-electron chi connectivity index (χ4n) is 5.92. The van der Waals surface area contributed by atoms with Gasteiger partial charge in [-0.15, -0.1) is 0 Å². The lowest BCUT2D eigenvalue weighted by Gasteiger charge is -2.34. The highest BCUT2D eigenvalue weighted by atomic mass is 35.5. The van der Waals surface area contributed by atoms with Crippen molar-refractivity contribution in [1.82, 2.24) is 9.47 Å². The van der Waals surface area contributed by atoms with Crippen LogP contribution in [0.2, 0.25) is 5.02 Å². The third-order valence-electron chi connectivity index (χ3n) is 7.57. The molecule has 1 aromatic heterocycles. The number of fused-ring (bicyclic) bond motifs is 3. The highest BCUT2D eigenvalue weighted by molar-refractivity contribution is 7.90. The smallest absolute Gasteiger partial charge is 0.179 e. The molecule has 2 aliphatic rings. The summed E-state index contributed by atoms with van der Waals surface area (Å²) in [5.41, 5.74) is 4.48. The summed E-state index contributed by atoms with van der Waals surface area (Å²) in [5.74, 6) is 0.265. The Morgan fingerprint density at radius 1 is 1.03 bits per heavy atom. The number of benzene rings is 2. The Kier molecular flexibility index (Phi) is 6.34. The maximum Gasteiger partial charge on any atom is 0.179 e. The van der Waals surface area contributed by atoms with Gasteiger partial charge in [0.25, 0.3) is 0 Å². The molecular formula is C27H31ClN2O3S. The number of sulfone groups is 1. The van der Waals surface area contributed by atoms with Crippen molar-refractivity contribution in [2.45, 2.75) is 57.5 Å². The van der Waals surface area contributed by atoms with Gasteiger partial charge in [0.05, 0.1) is 17.8 Å². The number of piperidine rings is 1. The van der Waals surface area contributed by atoms with Gasteiger partial charge >= 0.3 is 0 Å². The number of halogens is 1. The second kappa shape index (κ2) is 9.14. The van der Waals surface area contributed by atoms with E-state index in [1.54, 1.807) is 0 Å². The molecule has 0 N–H and O–H groups in total. The zero-order valence-corrected chi connectivity index (χ0v) is 21.3. The number of rotatable bonds is 7. The largest absolute Gasteiger partial charge is 0.313 e. The SMILES string of the molecule is Cc1c(C(=O)CN2C3CCCC2CC3)c2ccc(CCS(C)(=O)=O)cc2n1-c1ccc(Cl)cc1. The monoisotopic (exact) mass is 498 g/mol. The molecule has 5 nitrogen and oxygen atoms in total. The Labute approximate surface area is 206 Å². The first-order chi connectivity index (χ1) is 16.2. The van der Waals surface area contributed by atoms with Crippen LogP contribution in [0, 0.1) is 6.92 Å². The molecule has 0 amide bonds. The van der Waals surface area contributed by atoms with Crippen LogP contribution in [0.5, 0.6) is 0 Å². The molecule has 3 aromatic rings. The first kappa shape index (κ1) is 23.6. The van der Waals surface area contributed by atoms with Gasteiger partial charge in [-0.05, 0) is 74.9 Å². The maximum absolute atomic E-state index is 13.8. The molecule has 7 heteroatoms. The topological polar surface area (TPSA) is 59.4 Å². The van der Waals surface area contributed by atoms with E-state index in [0.717, 1.165) is 33.4 Å². The molecule has 0 radical (unpaired) electrons. The molecule has 180 valence electrons. The molecule has 34 heavy (non-hydrogen) atoms. The van der Waals surface area contributed by atoms with Gasteiger partial charge in [-0.2, -0.15) is 0 Å². The van der Waals surface area contributed by atoms with Gasteiger partial charge < -0.3 is 4.57 Å². The lowest BCUT2D eigenvalue weighted by Crippen LogP contribution is -2.42. The molecule has 0 saturated carbocycles. The number of nitrogens with zero attached hydrogens (tertiary/aromatic N) is 2. The van der Waals surface area contributed by atoms with Crippen molar-refractivity contribution < 1.29 is 13.2 Å². The van der Waals surface area contributed by atoms with Crippen LogP contribution in [-0.2, 0) is 16.3 Å². The molecule has 0 aliphatic carbocycles. The zero-order valence-electron chi connectivity index (χ0n) is 19.8. The number of aryl methyl sites for hydroxylation is 1. The number of Topliss-reactive ketones (excluding diaryl/α,β-unsaturated/α-hetero) is 1. The van der Waals surface area contributed by atoms with Crippen LogP contribution in [-0.4, -0.2) is 54.3 Å². The molecular weight excluding hydrogens is 468 g/mol. The predicted molar refractivity (Wildman–Crippen MR) is 138 cm³/mol. The second-order valence-corrected chi connectivity index (χ2v) is 12.6. The Hall–Kier alpha value is -2.15. The van der Waals surface area contributed by atoms with Crippen LogP contribution in [0.25, 0.3) is 16.6 Å². The van der Waals surface area contributed by atoms with Crippen molar-refractivity contribution in [3.05, 3.63) is 64.3 Å². The summed E-state index contributed by atoms with van der Waals surface area (Å²) in [4.78, 5) is 16.2. The van der Waals surface area contributed by atoms with Crippen LogP contribution in [0.4, 0.5) is 0 Å². The number of carbonyl (C=O) groups excluding carboxylic acids is 1. The maximum atomic E-state index is 13.8. The van der Waals surface area contributed by atoms with E-state index < -0.39 is 9.84 Å². The highest BCUT2D eigenvalue weighted by Crippen LogP contribution is 2.37. The van der Waals surface area contributed by atoms with Crippen molar-refractivity contribution in [3.63, 3.8) is 0 Å². The standard InChI is InChI=1S/C27H31ClN2O3S/c1-18-27(26(31)17-29-21-4-3-5-22(29)12-11-21)24-13-6-19(14-15-34(2,32)33)16-25(24)30(18)23-9-7-20(28)8-10-23/h6-10,13,16,21-22H,3-5,11-12,14-15,17H2,1-2H3. The van der Waals surface area contributed by atoms with E-state index in [-0.39, 0.29) is 11.5 Å². The summed E-state index contributed by atoms with van der Waals surface area (Å²) < 4.78 is 25.5. The van der Waals surface area contributed by atoms with Crippen molar-refractivity contribution in [1.29, 1.82) is 0 Å². The van der Waals surface area contributed by atoms with Crippen LogP contribution in [0.1, 0.15) is 53.7 Å². The molecule has 5 rings (SSSR count). The summed E-state index contributed by atoms with van der Waals surface area (Å²) in [6, 6.07) is 14.7. The Balaban J connectivity index is 1.57. The summed E-state index contributed by atoms with van der Waals surface area (Å²) in [7, 11) is -3.06. The van der Waals surface area contributed by atoms with Crippen LogP contribution >= 0.6 is 11.6 Å². The predicted octanol–water partition coefficient (Wildman–Crippen LogP) is 5.38. The molecule has 2 aromatic carbocycles. The third kappa shape index (κ3) is 4.56. The van der Waals surface area contributed by atoms with E-state index in [2.05, 4.69) is 9.47 Å². The summed E-state index contributed by atoms with van der Waals surface area (Å²) in [5, 5.41) is 1.58. The van der Waals surface area contributed by atoms with Crippen molar-refractivity contribution in [3.8, 4) is 5.69 Å². The lowest BCUT2D eigenvalue weighted by atomic mass is 10.00. The van der Waals surface area contributed by atoms with E-state index in [9.17, 15) is 13.2 Å². The van der Waals surface area contributed by atoms with Gasteiger partial charge in [-0.1, -0.05) is 30.2 Å². The lowest BCUT2D eigenvalue weighted by molar-refractivity contribution is 0.0828. The quantitative estimate of drug-likeness (QED) is 0.410. The van der Waals surface area contributed by atoms with Crippen molar-refractivity contribution >= 4 is 38.1 Å². The van der Waals surface area contributed by atoms with Gasteiger partial charge in [0.1, 0.15) is 9.84 Å². The Morgan fingerprint density at radius 3 is 2.35 bits per heavy atom. The van der Waals surface area contributed by atoms with E-state index in [1.165, 1.54) is 38.4 Å². The first-order valence-corrected chi connectivity index (χ1v) is 14.5. The van der Waals surface area contributed by atoms with Crippen LogP contribution in [0.3, 0.4) is 0 Å². The van der Waals surface area contributed by atoms with Gasteiger partial charge in [0, 0.05) is 45.7 Å². The number of aromatic nitrogens is 1. The fourth-order valence-corrected chi connectivity index (χ4v) is 6.65. The molecule has 3 heterocycles. The first-order valence-electron chi connectivity index (χ1n) is 12.1. The average molecular weight is 499 g/mol. The van der Waals surface area contributed by atoms with Crippen LogP contribution < -0.4 is 0 Å². The van der Waals surface area contributed by atoms with Crippen molar-refractivity contribution in [2.24, 2.45) is 0 Å². The number of carbonyl (C=O) groups is 1. The summed E-state index contributed by atoms with van der Waals surface area (Å²) in [6.07, 6.45) is 7.76. The molecule has 2 fully saturated rings. The minimum atomic E-state index is -3.06. The third-order valence-corrected chi connectivity index (χ3v) is 8.76. The minimum Gasteiger partial charge on any atom is -0.313 e. The number of hydrogen-bond acceptors (Lipinski definition) is 4. The molecule has 2 atom stereocenters. The highest BCUT2D eigenvalue weighted by Gasteiger charge is 2.38. The van der Waals surface area contributed by atoms with Crippen LogP contribution in [0.15, 0.2) is 42.5 Å². The van der Waals surface area contributed by atoms with Crippen molar-refractivity contribution in [2.75, 3.05) is 18.6 Å². The second-order valence-electron chi connectivity index (χ2n) is 9.92. The Morgan fingerprint density at radius 2 is 1.71 bits per heavy atom. The number of ketones is 1. The Bertz CT molecular complexity index is 1330. The van der Waals surface area contributed by atoms with E-state index in [1.807, 2.05) is 49.4 Å². The van der Waals surface area contributed by atoms with Gasteiger partial charge in [0.2, 0.25) is 0 Å². The molecule has 2 unspecified atom stereocenters. The van der Waals surface area contributed by atoms with Gasteiger partial charge in [-0.3, -0.25) is 9.69 Å². The molecule has 2 saturated heterocycles. The molecule has 0 spiro atoms. The zero-order chi connectivity index (χ0) is 24.0. The summed E-state index contributed by atoms with van der Waals surface area (Å²) >= 11 is 6.14. The molecule has 2 aliphatic heterocycles. The number of hydrogen-bond donors (Lipinski definition) is 0. The molecule has 2 bridgehead atoms. The van der Waals surface area contributed by atoms with E-state index in [4.69, 9.17) is 11.6 Å². The fraction of sp³-hybridized carbons (Fsp3) is 0.444. The van der Waals surface area contributed by atoms with E-state index >= 15 is 0 Å². The normalized spacial score (nSPS) is 20.8. The van der Waals surface area contributed by atoms with E-state index in [0.29, 0.717) is 30.1 Å². The minimum absolute atomic E-state index is 0.0999.